The predicted molar refractivity (Wildman–Crippen MR) is 128 cm³/mol. The molecule has 174 valence electrons. The van der Waals surface area contributed by atoms with Crippen LogP contribution in [0.5, 0.6) is 11.5 Å². The monoisotopic (exact) mass is 488 g/mol. The second-order valence-electron chi connectivity index (χ2n) is 7.78. The third-order valence-electron chi connectivity index (χ3n) is 5.76. The molecule has 0 spiro atoms. The summed E-state index contributed by atoms with van der Waals surface area (Å²) in [6.07, 6.45) is 0. The number of carbonyl (C=O) groups is 2. The lowest BCUT2D eigenvalue weighted by Crippen LogP contribution is -2.23. The highest BCUT2D eigenvalue weighted by Crippen LogP contribution is 2.37. The van der Waals surface area contributed by atoms with Crippen molar-refractivity contribution >= 4 is 55.2 Å². The summed E-state index contributed by atoms with van der Waals surface area (Å²) in [7, 11) is 1.28. The molecule has 10 heteroatoms. The van der Waals surface area contributed by atoms with Crippen LogP contribution in [-0.2, 0) is 16.1 Å². The molecule has 0 bridgehead atoms. The van der Waals surface area contributed by atoms with Crippen LogP contribution in [0.2, 0.25) is 0 Å². The Morgan fingerprint density at radius 1 is 1.06 bits per heavy atom. The number of carbonyl (C=O) groups excluding carboxylic acids is 2. The molecular formula is C25H16N2O7S. The molecule has 0 radical (unpaired) electrons. The SMILES string of the molecule is COC(=O)Cn1c(=NC(=O)c2cc3c(ccc4ccccc43)oc2=O)sc2cc3c(cc21)OCO3. The molecule has 35 heavy (non-hydrogen) atoms. The van der Waals surface area contributed by atoms with Crippen LogP contribution in [-0.4, -0.2) is 30.3 Å². The van der Waals surface area contributed by atoms with E-state index in [0.29, 0.717) is 28.0 Å². The van der Waals surface area contributed by atoms with Gasteiger partial charge in [0.1, 0.15) is 17.7 Å². The highest BCUT2D eigenvalue weighted by atomic mass is 32.1. The third-order valence-corrected chi connectivity index (χ3v) is 6.80. The number of amides is 1. The van der Waals surface area contributed by atoms with Gasteiger partial charge in [-0.2, -0.15) is 4.99 Å². The largest absolute Gasteiger partial charge is 0.468 e. The van der Waals surface area contributed by atoms with Crippen molar-refractivity contribution in [2.75, 3.05) is 13.9 Å². The zero-order chi connectivity index (χ0) is 24.1. The summed E-state index contributed by atoms with van der Waals surface area (Å²) >= 11 is 1.18. The summed E-state index contributed by atoms with van der Waals surface area (Å²) in [6.45, 7) is -0.0784. The molecule has 1 amide bonds. The van der Waals surface area contributed by atoms with Gasteiger partial charge in [-0.05, 0) is 22.9 Å². The van der Waals surface area contributed by atoms with E-state index in [1.807, 2.05) is 30.3 Å². The van der Waals surface area contributed by atoms with E-state index >= 15 is 0 Å². The number of rotatable bonds is 3. The van der Waals surface area contributed by atoms with Gasteiger partial charge in [-0.3, -0.25) is 9.59 Å². The Bertz CT molecular complexity index is 1810. The van der Waals surface area contributed by atoms with Crippen molar-refractivity contribution in [1.82, 2.24) is 4.57 Å². The molecule has 0 aliphatic carbocycles. The van der Waals surface area contributed by atoms with Crippen LogP contribution >= 0.6 is 11.3 Å². The van der Waals surface area contributed by atoms with E-state index in [-0.39, 0.29) is 23.7 Å². The highest BCUT2D eigenvalue weighted by molar-refractivity contribution is 7.16. The van der Waals surface area contributed by atoms with Gasteiger partial charge in [0.2, 0.25) is 6.79 Å². The molecule has 1 aliphatic heterocycles. The molecule has 0 unspecified atom stereocenters. The fourth-order valence-corrected chi connectivity index (χ4v) is 5.10. The Morgan fingerprint density at radius 2 is 1.86 bits per heavy atom. The van der Waals surface area contributed by atoms with Crippen molar-refractivity contribution in [3.05, 3.63) is 75.4 Å². The van der Waals surface area contributed by atoms with Crippen LogP contribution in [0.3, 0.4) is 0 Å². The van der Waals surface area contributed by atoms with Crippen LogP contribution in [0.1, 0.15) is 10.4 Å². The van der Waals surface area contributed by atoms with Crippen LogP contribution in [0.15, 0.2) is 68.8 Å². The van der Waals surface area contributed by atoms with Crippen LogP contribution in [0.25, 0.3) is 32.0 Å². The Balaban J connectivity index is 1.53. The zero-order valence-electron chi connectivity index (χ0n) is 18.3. The minimum atomic E-state index is -0.789. The van der Waals surface area contributed by atoms with Crippen molar-refractivity contribution in [3.63, 3.8) is 0 Å². The Labute approximate surface area is 200 Å². The maximum absolute atomic E-state index is 13.2. The second kappa shape index (κ2) is 8.10. The van der Waals surface area contributed by atoms with Gasteiger partial charge in [-0.15, -0.1) is 0 Å². The lowest BCUT2D eigenvalue weighted by molar-refractivity contribution is -0.141. The zero-order valence-corrected chi connectivity index (χ0v) is 19.1. The van der Waals surface area contributed by atoms with E-state index in [9.17, 15) is 14.4 Å². The number of benzene rings is 3. The smallest absolute Gasteiger partial charge is 0.349 e. The highest BCUT2D eigenvalue weighted by Gasteiger charge is 2.20. The van der Waals surface area contributed by atoms with Crippen LogP contribution in [0, 0.1) is 0 Å². The lowest BCUT2D eigenvalue weighted by Gasteiger charge is -2.05. The lowest BCUT2D eigenvalue weighted by atomic mass is 10.0. The first-order valence-electron chi connectivity index (χ1n) is 10.6. The van der Waals surface area contributed by atoms with Gasteiger partial charge in [0.05, 0.1) is 17.3 Å². The molecule has 6 rings (SSSR count). The van der Waals surface area contributed by atoms with Gasteiger partial charge >= 0.3 is 11.6 Å². The fraction of sp³-hybridized carbons (Fsp3) is 0.120. The molecule has 1 aliphatic rings. The van der Waals surface area contributed by atoms with Crippen molar-refractivity contribution in [2.24, 2.45) is 4.99 Å². The standard InChI is InChI=1S/C25H16N2O7S/c1-31-22(28)11-27-17-9-19-20(33-12-32-19)10-21(17)35-25(27)26-23(29)16-8-15-14-5-3-2-4-13(14)6-7-18(15)34-24(16)30/h2-10H,11-12H2,1H3. The molecule has 0 fully saturated rings. The maximum atomic E-state index is 13.2. The van der Waals surface area contributed by atoms with E-state index in [1.54, 1.807) is 22.8 Å². The number of thiazole rings is 1. The van der Waals surface area contributed by atoms with Gasteiger partial charge in [0.25, 0.3) is 5.91 Å². The number of hydrogen-bond donors (Lipinski definition) is 0. The van der Waals surface area contributed by atoms with E-state index in [4.69, 9.17) is 18.6 Å². The molecule has 0 N–H and O–H groups in total. The number of methoxy groups -OCH3 is 1. The quantitative estimate of drug-likeness (QED) is 0.217. The van der Waals surface area contributed by atoms with Crippen molar-refractivity contribution < 1.29 is 28.2 Å². The third kappa shape index (κ3) is 3.55. The normalized spacial score (nSPS) is 13.1. The van der Waals surface area contributed by atoms with Crippen molar-refractivity contribution in [2.45, 2.75) is 6.54 Å². The van der Waals surface area contributed by atoms with Gasteiger partial charge in [-0.25, -0.2) is 4.79 Å². The first-order valence-corrected chi connectivity index (χ1v) is 11.4. The molecular weight excluding hydrogens is 472 g/mol. The number of hydrogen-bond acceptors (Lipinski definition) is 8. The van der Waals surface area contributed by atoms with Gasteiger partial charge in [0, 0.05) is 17.5 Å². The van der Waals surface area contributed by atoms with Gasteiger partial charge < -0.3 is 23.2 Å². The predicted octanol–water partition coefficient (Wildman–Crippen LogP) is 3.61. The van der Waals surface area contributed by atoms with Crippen molar-refractivity contribution in [1.29, 1.82) is 0 Å². The topological polar surface area (TPSA) is 109 Å². The Morgan fingerprint density at radius 3 is 2.69 bits per heavy atom. The summed E-state index contributed by atoms with van der Waals surface area (Å²) in [5.41, 5.74) is 0.00291. The Hall–Kier alpha value is -4.44. The maximum Gasteiger partial charge on any atom is 0.349 e. The molecule has 3 heterocycles. The Kier molecular flexibility index (Phi) is 4.89. The minimum absolute atomic E-state index is 0.103. The summed E-state index contributed by atoms with van der Waals surface area (Å²) in [4.78, 5) is 42.4. The number of fused-ring (bicyclic) bond motifs is 5. The number of nitrogens with zero attached hydrogens (tertiary/aromatic N) is 2. The van der Waals surface area contributed by atoms with Crippen LogP contribution in [0.4, 0.5) is 0 Å². The van der Waals surface area contributed by atoms with E-state index < -0.39 is 17.5 Å². The van der Waals surface area contributed by atoms with E-state index in [0.717, 1.165) is 15.5 Å². The summed E-state index contributed by atoms with van der Waals surface area (Å²) in [5.74, 6) is -0.218. The number of aromatic nitrogens is 1. The van der Waals surface area contributed by atoms with E-state index in [1.165, 1.54) is 24.5 Å². The molecule has 2 aromatic heterocycles. The van der Waals surface area contributed by atoms with Gasteiger partial charge in [-0.1, -0.05) is 41.7 Å². The number of ether oxygens (including phenoxy) is 3. The number of esters is 1. The van der Waals surface area contributed by atoms with Crippen LogP contribution < -0.4 is 19.9 Å². The molecule has 0 atom stereocenters. The minimum Gasteiger partial charge on any atom is -0.468 e. The fourth-order valence-electron chi connectivity index (χ4n) is 4.06. The first kappa shape index (κ1) is 21.1. The first-order chi connectivity index (χ1) is 17.0. The molecule has 5 aromatic rings. The molecule has 9 nitrogen and oxygen atoms in total. The molecule has 3 aromatic carbocycles. The average molecular weight is 488 g/mol. The van der Waals surface area contributed by atoms with Gasteiger partial charge in [0.15, 0.2) is 16.3 Å². The van der Waals surface area contributed by atoms with Crippen molar-refractivity contribution in [3.8, 4) is 11.5 Å². The summed E-state index contributed by atoms with van der Waals surface area (Å²) < 4.78 is 23.4. The average Bonchev–Trinajstić information content (AvgIpc) is 3.45. The molecule has 0 saturated carbocycles. The molecule has 0 saturated heterocycles. The second-order valence-corrected chi connectivity index (χ2v) is 8.79. The summed E-state index contributed by atoms with van der Waals surface area (Å²) in [5, 5.41) is 2.42. The van der Waals surface area contributed by atoms with E-state index in [2.05, 4.69) is 4.99 Å². The summed E-state index contributed by atoms with van der Waals surface area (Å²) in [6, 6.07) is 16.1.